The van der Waals surface area contributed by atoms with Crippen molar-refractivity contribution >= 4 is 31.7 Å². The van der Waals surface area contributed by atoms with Crippen molar-refractivity contribution in [1.82, 2.24) is 4.90 Å². The molecule has 2 aliphatic heterocycles. The van der Waals surface area contributed by atoms with E-state index < -0.39 is 9.84 Å². The summed E-state index contributed by atoms with van der Waals surface area (Å²) in [6, 6.07) is 0. The van der Waals surface area contributed by atoms with Crippen LogP contribution in [0.5, 0.6) is 0 Å². The number of piperidine rings is 1. The van der Waals surface area contributed by atoms with E-state index in [4.69, 9.17) is 0 Å². The van der Waals surface area contributed by atoms with E-state index in [2.05, 4.69) is 22.9 Å². The number of amides is 1. The van der Waals surface area contributed by atoms with Gasteiger partial charge in [-0.05, 0) is 25.2 Å². The third kappa shape index (κ3) is 3.26. The number of nitrogens with zero attached hydrogens (tertiary/aromatic N) is 1. The molecular weight excluding hydrogens is 318 g/mol. The third-order valence-electron chi connectivity index (χ3n) is 4.08. The van der Waals surface area contributed by atoms with Crippen LogP contribution in [0.25, 0.3) is 0 Å². The van der Waals surface area contributed by atoms with Crippen molar-refractivity contribution in [2.75, 3.05) is 24.6 Å². The van der Waals surface area contributed by atoms with Crippen molar-refractivity contribution < 1.29 is 13.2 Å². The Morgan fingerprint density at radius 3 is 2.33 bits per heavy atom. The fourth-order valence-electron chi connectivity index (χ4n) is 2.83. The van der Waals surface area contributed by atoms with Gasteiger partial charge in [-0.15, -0.1) is 0 Å². The predicted molar refractivity (Wildman–Crippen MR) is 74.5 cm³/mol. The first-order valence-corrected chi connectivity index (χ1v) is 9.26. The van der Waals surface area contributed by atoms with E-state index in [-0.39, 0.29) is 23.3 Å². The summed E-state index contributed by atoms with van der Waals surface area (Å²) in [4.78, 5) is 14.6. The standard InChI is InChI=1S/C12H20BrNO3S/c1-9(13)10-2-5-14(6-3-10)12(15)11-4-7-18(16,17)8-11/h9-11H,2-8H2,1H3. The molecule has 0 aromatic rings. The summed E-state index contributed by atoms with van der Waals surface area (Å²) in [5.41, 5.74) is 0. The molecule has 6 heteroatoms. The monoisotopic (exact) mass is 337 g/mol. The average molecular weight is 338 g/mol. The van der Waals surface area contributed by atoms with Gasteiger partial charge in [0.1, 0.15) is 0 Å². The van der Waals surface area contributed by atoms with Crippen LogP contribution >= 0.6 is 15.9 Å². The maximum absolute atomic E-state index is 12.2. The highest BCUT2D eigenvalue weighted by molar-refractivity contribution is 9.09. The number of hydrogen-bond donors (Lipinski definition) is 0. The van der Waals surface area contributed by atoms with Gasteiger partial charge in [0.15, 0.2) is 9.84 Å². The molecule has 0 aromatic carbocycles. The van der Waals surface area contributed by atoms with Gasteiger partial charge in [-0.25, -0.2) is 8.42 Å². The first-order chi connectivity index (χ1) is 8.39. The number of alkyl halides is 1. The van der Waals surface area contributed by atoms with Crippen LogP contribution < -0.4 is 0 Å². The largest absolute Gasteiger partial charge is 0.342 e. The highest BCUT2D eigenvalue weighted by Gasteiger charge is 2.36. The zero-order chi connectivity index (χ0) is 13.3. The van der Waals surface area contributed by atoms with Crippen LogP contribution in [0, 0.1) is 11.8 Å². The molecule has 0 aliphatic carbocycles. The van der Waals surface area contributed by atoms with Crippen molar-refractivity contribution in [2.24, 2.45) is 11.8 Å². The molecule has 2 aliphatic rings. The number of carbonyl (C=O) groups is 1. The van der Waals surface area contributed by atoms with Gasteiger partial charge in [-0.3, -0.25) is 4.79 Å². The number of sulfone groups is 1. The maximum Gasteiger partial charge on any atom is 0.226 e. The average Bonchev–Trinajstić information content (AvgIpc) is 2.69. The van der Waals surface area contributed by atoms with Crippen molar-refractivity contribution in [3.05, 3.63) is 0 Å². The summed E-state index contributed by atoms with van der Waals surface area (Å²) in [7, 11) is -2.96. The van der Waals surface area contributed by atoms with E-state index in [0.717, 1.165) is 25.9 Å². The smallest absolute Gasteiger partial charge is 0.226 e. The molecule has 0 saturated carbocycles. The van der Waals surface area contributed by atoms with Crippen molar-refractivity contribution in [2.45, 2.75) is 31.0 Å². The minimum absolute atomic E-state index is 0.0525. The highest BCUT2D eigenvalue weighted by Crippen LogP contribution is 2.27. The number of halogens is 1. The summed E-state index contributed by atoms with van der Waals surface area (Å²) in [5.74, 6) is 0.630. The topological polar surface area (TPSA) is 54.5 Å². The van der Waals surface area contributed by atoms with E-state index in [9.17, 15) is 13.2 Å². The molecule has 2 heterocycles. The van der Waals surface area contributed by atoms with Crippen LogP contribution in [-0.2, 0) is 14.6 Å². The van der Waals surface area contributed by atoms with Gasteiger partial charge < -0.3 is 4.90 Å². The molecule has 2 atom stereocenters. The number of rotatable bonds is 2. The Labute approximate surface area is 117 Å². The lowest BCUT2D eigenvalue weighted by molar-refractivity contribution is -0.136. The Kier molecular flexibility index (Phi) is 4.36. The van der Waals surface area contributed by atoms with Gasteiger partial charge in [0.05, 0.1) is 17.4 Å². The normalized spacial score (nSPS) is 30.3. The maximum atomic E-state index is 12.2. The summed E-state index contributed by atoms with van der Waals surface area (Å²) >= 11 is 3.59. The molecule has 18 heavy (non-hydrogen) atoms. The van der Waals surface area contributed by atoms with E-state index in [0.29, 0.717) is 17.2 Å². The van der Waals surface area contributed by atoms with Crippen molar-refractivity contribution in [3.8, 4) is 0 Å². The predicted octanol–water partition coefficient (Wildman–Crippen LogP) is 1.44. The van der Waals surface area contributed by atoms with Gasteiger partial charge >= 0.3 is 0 Å². The molecule has 0 N–H and O–H groups in total. The summed E-state index contributed by atoms with van der Waals surface area (Å²) in [5, 5.41) is 0. The summed E-state index contributed by atoms with van der Waals surface area (Å²) in [6.45, 7) is 3.69. The van der Waals surface area contributed by atoms with Gasteiger partial charge in [0.2, 0.25) is 5.91 Å². The Bertz CT molecular complexity index is 413. The van der Waals surface area contributed by atoms with E-state index in [1.165, 1.54) is 0 Å². The molecule has 2 fully saturated rings. The van der Waals surface area contributed by atoms with Gasteiger partial charge in [-0.2, -0.15) is 0 Å². The van der Waals surface area contributed by atoms with Gasteiger partial charge in [-0.1, -0.05) is 22.9 Å². The minimum atomic E-state index is -2.96. The second-order valence-corrected chi connectivity index (χ2v) is 9.11. The van der Waals surface area contributed by atoms with Crippen molar-refractivity contribution in [3.63, 3.8) is 0 Å². The Hall–Kier alpha value is -0.100. The molecule has 2 rings (SSSR count). The summed E-state index contributed by atoms with van der Waals surface area (Å²) < 4.78 is 22.8. The minimum Gasteiger partial charge on any atom is -0.342 e. The molecule has 2 saturated heterocycles. The summed E-state index contributed by atoms with van der Waals surface area (Å²) in [6.07, 6.45) is 2.53. The van der Waals surface area contributed by atoms with Crippen LogP contribution in [0.15, 0.2) is 0 Å². The lowest BCUT2D eigenvalue weighted by atomic mass is 9.93. The first-order valence-electron chi connectivity index (χ1n) is 6.52. The van der Waals surface area contributed by atoms with E-state index >= 15 is 0 Å². The van der Waals surface area contributed by atoms with Crippen LogP contribution in [0.4, 0.5) is 0 Å². The fraction of sp³-hybridized carbons (Fsp3) is 0.917. The Morgan fingerprint density at radius 2 is 1.89 bits per heavy atom. The molecule has 1 amide bonds. The van der Waals surface area contributed by atoms with E-state index in [1.807, 2.05) is 4.90 Å². The Morgan fingerprint density at radius 1 is 1.28 bits per heavy atom. The van der Waals surface area contributed by atoms with E-state index in [1.54, 1.807) is 0 Å². The molecule has 0 radical (unpaired) electrons. The SMILES string of the molecule is CC(Br)C1CCN(C(=O)C2CCS(=O)(=O)C2)CC1. The lowest BCUT2D eigenvalue weighted by Crippen LogP contribution is -2.43. The van der Waals surface area contributed by atoms with Gasteiger partial charge in [0.25, 0.3) is 0 Å². The third-order valence-corrected chi connectivity index (χ3v) is 6.60. The molecular formula is C12H20BrNO3S. The number of hydrogen-bond acceptors (Lipinski definition) is 3. The molecule has 104 valence electrons. The molecule has 4 nitrogen and oxygen atoms in total. The second-order valence-electron chi connectivity index (χ2n) is 5.44. The quantitative estimate of drug-likeness (QED) is 0.716. The van der Waals surface area contributed by atoms with Crippen LogP contribution in [0.1, 0.15) is 26.2 Å². The number of carbonyl (C=O) groups excluding carboxylic acids is 1. The lowest BCUT2D eigenvalue weighted by Gasteiger charge is -2.34. The zero-order valence-corrected chi connectivity index (χ0v) is 13.0. The molecule has 2 unspecified atom stereocenters. The van der Waals surface area contributed by atoms with Crippen LogP contribution in [0.2, 0.25) is 0 Å². The van der Waals surface area contributed by atoms with Crippen LogP contribution in [-0.4, -0.2) is 48.6 Å². The fourth-order valence-corrected chi connectivity index (χ4v) is 5.09. The molecule has 0 aromatic heterocycles. The highest BCUT2D eigenvalue weighted by atomic mass is 79.9. The zero-order valence-electron chi connectivity index (χ0n) is 10.6. The van der Waals surface area contributed by atoms with Gasteiger partial charge in [0, 0.05) is 17.9 Å². The Balaban J connectivity index is 1.89. The second kappa shape index (κ2) is 5.49. The first kappa shape index (κ1) is 14.3. The van der Waals surface area contributed by atoms with Crippen LogP contribution in [0.3, 0.4) is 0 Å². The molecule has 0 bridgehead atoms. The van der Waals surface area contributed by atoms with Crippen molar-refractivity contribution in [1.29, 1.82) is 0 Å². The number of likely N-dealkylation sites (tertiary alicyclic amines) is 1. The molecule has 0 spiro atoms.